The molecule has 4 aliphatic rings. The van der Waals surface area contributed by atoms with Crippen LogP contribution in [0.3, 0.4) is 0 Å². The van der Waals surface area contributed by atoms with Crippen molar-refractivity contribution >= 4 is 17.6 Å². The molecule has 4 heterocycles. The molecule has 0 aromatic rings. The van der Waals surface area contributed by atoms with Crippen molar-refractivity contribution in [2.45, 2.75) is 87.8 Å². The van der Waals surface area contributed by atoms with E-state index in [2.05, 4.69) is 29.8 Å². The third-order valence-electron chi connectivity index (χ3n) is 5.52. The molecule has 0 radical (unpaired) electrons. The number of carbonyl (C=O) groups is 1. The van der Waals surface area contributed by atoms with E-state index in [9.17, 15) is 4.79 Å². The molecule has 3 N–H and O–H groups in total. The Hall–Kier alpha value is -0.600. The Balaban J connectivity index is 1.67. The van der Waals surface area contributed by atoms with Crippen LogP contribution in [0.4, 0.5) is 4.79 Å². The van der Waals surface area contributed by atoms with E-state index < -0.39 is 0 Å². The molecule has 0 aliphatic carbocycles. The summed E-state index contributed by atoms with van der Waals surface area (Å²) in [5.74, 6) is 0. The van der Waals surface area contributed by atoms with Gasteiger partial charge in [-0.2, -0.15) is 0 Å². The molecule has 6 unspecified atom stereocenters. The lowest BCUT2D eigenvalue weighted by Gasteiger charge is -2.44. The van der Waals surface area contributed by atoms with Crippen molar-refractivity contribution < 1.29 is 14.3 Å². The molecule has 7 nitrogen and oxygen atoms in total. The first-order chi connectivity index (χ1) is 11.5. The molecule has 8 atom stereocenters. The minimum atomic E-state index is -0.243. The first-order valence-electron chi connectivity index (χ1n) is 9.06. The maximum absolute atomic E-state index is 12.7. The van der Waals surface area contributed by atoms with Crippen molar-refractivity contribution in [1.29, 1.82) is 0 Å². The summed E-state index contributed by atoms with van der Waals surface area (Å²) in [4.78, 5) is 14.5. The Morgan fingerprint density at radius 2 is 1.96 bits per heavy atom. The lowest BCUT2D eigenvalue weighted by atomic mass is 9.98. The highest BCUT2D eigenvalue weighted by molar-refractivity contribution is 6.21. The number of rotatable bonds is 0. The van der Waals surface area contributed by atoms with Crippen molar-refractivity contribution in [3.05, 3.63) is 0 Å². The fourth-order valence-corrected chi connectivity index (χ4v) is 4.85. The average Bonchev–Trinajstić information content (AvgIpc) is 2.84. The topological polar surface area (TPSA) is 74.9 Å². The number of hydrogen-bond donors (Lipinski definition) is 3. The standard InChI is InChI=1S/C16H27ClN4O3/c1-8-7-9(2)24-12-4-3-10(17)15(19-12)21-13-11(23-8)5-6-18-14(13)20-16(21)22/h8-15,18-19H,3-7H2,1-2H3,(H,20,22)/t8-,9-,10?,11?,12?,13?,14?,15?/m1/s1. The van der Waals surface area contributed by atoms with Crippen molar-refractivity contribution in [3.63, 3.8) is 0 Å². The highest BCUT2D eigenvalue weighted by Crippen LogP contribution is 2.32. The summed E-state index contributed by atoms with van der Waals surface area (Å²) in [6.45, 7) is 5.01. The highest BCUT2D eigenvalue weighted by atomic mass is 35.5. The van der Waals surface area contributed by atoms with Crippen LogP contribution in [0.5, 0.6) is 0 Å². The van der Waals surface area contributed by atoms with Crippen LogP contribution in [0.15, 0.2) is 0 Å². The second-order valence-corrected chi connectivity index (χ2v) is 7.99. The average molecular weight is 359 g/mol. The van der Waals surface area contributed by atoms with Gasteiger partial charge in [-0.3, -0.25) is 15.5 Å². The van der Waals surface area contributed by atoms with Gasteiger partial charge in [0, 0.05) is 0 Å². The van der Waals surface area contributed by atoms with Gasteiger partial charge >= 0.3 is 6.03 Å². The van der Waals surface area contributed by atoms with Crippen LogP contribution in [0.2, 0.25) is 0 Å². The van der Waals surface area contributed by atoms with E-state index in [0.29, 0.717) is 0 Å². The Morgan fingerprint density at radius 1 is 1.17 bits per heavy atom. The summed E-state index contributed by atoms with van der Waals surface area (Å²) in [6, 6.07) is -0.142. The van der Waals surface area contributed by atoms with E-state index in [4.69, 9.17) is 21.1 Å². The maximum atomic E-state index is 12.7. The molecule has 0 saturated carbocycles. The zero-order valence-electron chi connectivity index (χ0n) is 14.2. The number of hydrogen-bond acceptors (Lipinski definition) is 5. The van der Waals surface area contributed by atoms with Gasteiger partial charge in [0.05, 0.1) is 29.7 Å². The Morgan fingerprint density at radius 3 is 2.79 bits per heavy atom. The third-order valence-corrected chi connectivity index (χ3v) is 5.98. The predicted molar refractivity (Wildman–Crippen MR) is 89.7 cm³/mol. The summed E-state index contributed by atoms with van der Waals surface area (Å²) in [5.41, 5.74) is 0. The fourth-order valence-electron chi connectivity index (χ4n) is 4.53. The molecule has 2 amide bonds. The molecule has 8 heteroatoms. The molecule has 4 saturated heterocycles. The van der Waals surface area contributed by atoms with Crippen LogP contribution in [0.1, 0.15) is 39.5 Å². The van der Waals surface area contributed by atoms with Crippen LogP contribution >= 0.6 is 11.6 Å². The van der Waals surface area contributed by atoms with E-state index in [1.165, 1.54) is 0 Å². The van der Waals surface area contributed by atoms with E-state index in [-0.39, 0.29) is 54.3 Å². The minimum absolute atomic E-state index is 0.00143. The molecular weight excluding hydrogens is 332 g/mol. The van der Waals surface area contributed by atoms with Gasteiger partial charge in [0.25, 0.3) is 0 Å². The van der Waals surface area contributed by atoms with Gasteiger partial charge in [0.15, 0.2) is 0 Å². The lowest BCUT2D eigenvalue weighted by Crippen LogP contribution is -2.65. The molecule has 136 valence electrons. The summed E-state index contributed by atoms with van der Waals surface area (Å²) in [7, 11) is 0. The second kappa shape index (κ2) is 6.61. The number of alkyl halides is 1. The number of nitrogens with one attached hydrogen (secondary N) is 3. The first-order valence-corrected chi connectivity index (χ1v) is 9.50. The normalized spacial score (nSPS) is 49.1. The monoisotopic (exact) mass is 358 g/mol. The number of nitrogens with zero attached hydrogens (tertiary/aromatic N) is 1. The highest BCUT2D eigenvalue weighted by Gasteiger charge is 2.52. The summed E-state index contributed by atoms with van der Waals surface area (Å²) in [6.07, 6.45) is 3.19. The number of halogens is 1. The predicted octanol–water partition coefficient (Wildman–Crippen LogP) is 0.925. The van der Waals surface area contributed by atoms with Crippen LogP contribution in [0.25, 0.3) is 0 Å². The molecule has 24 heavy (non-hydrogen) atoms. The van der Waals surface area contributed by atoms with Crippen molar-refractivity contribution in [2.75, 3.05) is 6.54 Å². The molecule has 2 bridgehead atoms. The SMILES string of the molecule is C[C@@H]1C[C@@H](C)OC2CCNC3NC(=O)N(C4NC(CCC4Cl)O1)C32. The molecular formula is C16H27ClN4O3. The molecule has 4 fully saturated rings. The van der Waals surface area contributed by atoms with E-state index >= 15 is 0 Å². The lowest BCUT2D eigenvalue weighted by molar-refractivity contribution is -0.0795. The van der Waals surface area contributed by atoms with E-state index in [1.807, 2.05) is 4.90 Å². The number of amides is 2. The van der Waals surface area contributed by atoms with Gasteiger partial charge in [0.1, 0.15) is 18.6 Å². The van der Waals surface area contributed by atoms with E-state index in [0.717, 1.165) is 32.2 Å². The number of ether oxygens (including phenoxy) is 2. The first kappa shape index (κ1) is 16.8. The number of carbonyl (C=O) groups excluding carboxylic acids is 1. The van der Waals surface area contributed by atoms with Gasteiger partial charge < -0.3 is 14.8 Å². The van der Waals surface area contributed by atoms with Crippen molar-refractivity contribution in [2.24, 2.45) is 0 Å². The zero-order valence-corrected chi connectivity index (χ0v) is 15.0. The zero-order chi connectivity index (χ0) is 16.8. The van der Waals surface area contributed by atoms with Crippen LogP contribution in [-0.2, 0) is 9.47 Å². The number of urea groups is 1. The summed E-state index contributed by atoms with van der Waals surface area (Å²) >= 11 is 6.60. The van der Waals surface area contributed by atoms with Gasteiger partial charge in [-0.15, -0.1) is 11.6 Å². The minimum Gasteiger partial charge on any atom is -0.373 e. The van der Waals surface area contributed by atoms with Crippen LogP contribution < -0.4 is 16.0 Å². The number of piperidine rings is 2. The molecule has 0 aromatic heterocycles. The molecule has 0 aromatic carbocycles. The fraction of sp³-hybridized carbons (Fsp3) is 0.938. The number of fused-ring (bicyclic) bond motifs is 3. The van der Waals surface area contributed by atoms with Gasteiger partial charge in [-0.25, -0.2) is 4.79 Å². The molecule has 4 rings (SSSR count). The molecule has 0 spiro atoms. The Bertz CT molecular complexity index is 496. The quantitative estimate of drug-likeness (QED) is 0.562. The van der Waals surface area contributed by atoms with Crippen LogP contribution in [0, 0.1) is 0 Å². The van der Waals surface area contributed by atoms with Crippen molar-refractivity contribution in [3.8, 4) is 0 Å². The van der Waals surface area contributed by atoms with Gasteiger partial charge in [0.2, 0.25) is 0 Å². The van der Waals surface area contributed by atoms with Crippen molar-refractivity contribution in [1.82, 2.24) is 20.9 Å². The Kier molecular flexibility index (Phi) is 4.64. The largest absolute Gasteiger partial charge is 0.373 e. The summed E-state index contributed by atoms with van der Waals surface area (Å²) < 4.78 is 12.5. The van der Waals surface area contributed by atoms with Crippen LogP contribution in [-0.4, -0.2) is 65.8 Å². The van der Waals surface area contributed by atoms with E-state index in [1.54, 1.807) is 0 Å². The Labute approximate surface area is 147 Å². The van der Waals surface area contributed by atoms with Gasteiger partial charge in [-0.05, 0) is 46.1 Å². The smallest absolute Gasteiger partial charge is 0.320 e. The van der Waals surface area contributed by atoms with Gasteiger partial charge in [-0.1, -0.05) is 0 Å². The molecule has 4 aliphatic heterocycles. The third kappa shape index (κ3) is 3.01. The maximum Gasteiger partial charge on any atom is 0.320 e. The summed E-state index contributed by atoms with van der Waals surface area (Å²) in [5, 5.41) is 9.77. The second-order valence-electron chi connectivity index (χ2n) is 7.43.